The number of aromatic nitrogens is 3. The van der Waals surface area contributed by atoms with Gasteiger partial charge in [0.2, 0.25) is 10.7 Å². The summed E-state index contributed by atoms with van der Waals surface area (Å²) < 4.78 is 0.782. The van der Waals surface area contributed by atoms with Gasteiger partial charge in [0.05, 0.1) is 5.56 Å². The van der Waals surface area contributed by atoms with Crippen LogP contribution in [0.1, 0.15) is 15.2 Å². The predicted octanol–water partition coefficient (Wildman–Crippen LogP) is 3.99. The zero-order valence-electron chi connectivity index (χ0n) is 13.3. The molecule has 9 heteroatoms. The van der Waals surface area contributed by atoms with Crippen LogP contribution in [0, 0.1) is 0 Å². The zero-order chi connectivity index (χ0) is 17.9. The third-order valence-electron chi connectivity index (χ3n) is 3.54. The number of fused-ring (bicyclic) bond motifs is 1. The molecular weight excluding hydrogens is 388 g/mol. The maximum absolute atomic E-state index is 12.6. The summed E-state index contributed by atoms with van der Waals surface area (Å²) in [5.41, 5.74) is 0.611. The number of nitrogens with one attached hydrogen (secondary N) is 2. The molecule has 4 aromatic rings. The van der Waals surface area contributed by atoms with Crippen LogP contribution in [-0.4, -0.2) is 21.1 Å². The Hall–Kier alpha value is -2.49. The number of thioether (sulfide) groups is 1. The van der Waals surface area contributed by atoms with E-state index in [0.29, 0.717) is 21.6 Å². The highest BCUT2D eigenvalue weighted by Crippen LogP contribution is 2.29. The molecule has 2 N–H and O–H groups in total. The van der Waals surface area contributed by atoms with Crippen LogP contribution >= 0.6 is 34.4 Å². The van der Waals surface area contributed by atoms with Crippen molar-refractivity contribution in [3.63, 3.8) is 0 Å². The number of pyridine rings is 1. The largest absolute Gasteiger partial charge is 0.322 e. The third kappa shape index (κ3) is 3.69. The lowest BCUT2D eigenvalue weighted by Crippen LogP contribution is -2.16. The molecule has 0 aliphatic rings. The molecule has 6 nitrogen and oxygen atoms in total. The van der Waals surface area contributed by atoms with Gasteiger partial charge in [0.15, 0.2) is 4.34 Å². The van der Waals surface area contributed by atoms with E-state index in [1.807, 2.05) is 23.6 Å². The van der Waals surface area contributed by atoms with Crippen molar-refractivity contribution < 1.29 is 4.79 Å². The topological polar surface area (TPSA) is 87.7 Å². The maximum atomic E-state index is 12.6. The summed E-state index contributed by atoms with van der Waals surface area (Å²) in [7, 11) is 0. The molecule has 1 aromatic carbocycles. The van der Waals surface area contributed by atoms with Crippen molar-refractivity contribution in [3.8, 4) is 0 Å². The molecule has 0 saturated heterocycles. The van der Waals surface area contributed by atoms with Crippen LogP contribution in [0.3, 0.4) is 0 Å². The molecule has 4 rings (SSSR count). The number of hydrogen-bond donors (Lipinski definition) is 2. The van der Waals surface area contributed by atoms with Gasteiger partial charge in [0.1, 0.15) is 0 Å². The Labute approximate surface area is 160 Å². The summed E-state index contributed by atoms with van der Waals surface area (Å²) in [6, 6.07) is 12.6. The van der Waals surface area contributed by atoms with Crippen molar-refractivity contribution in [2.45, 2.75) is 10.1 Å². The number of nitrogens with zero attached hydrogens (tertiary/aromatic N) is 2. The molecule has 0 saturated carbocycles. The fourth-order valence-corrected chi connectivity index (χ4v) is 4.92. The molecule has 0 unspecified atom stereocenters. The van der Waals surface area contributed by atoms with Gasteiger partial charge in [-0.15, -0.1) is 21.5 Å². The molecule has 0 aliphatic carbocycles. The highest BCUT2D eigenvalue weighted by atomic mass is 32.2. The van der Waals surface area contributed by atoms with Crippen molar-refractivity contribution in [1.82, 2.24) is 15.2 Å². The number of amides is 1. The van der Waals surface area contributed by atoms with Gasteiger partial charge in [-0.05, 0) is 17.5 Å². The number of benzene rings is 1. The highest BCUT2D eigenvalue weighted by Gasteiger charge is 2.14. The average molecular weight is 401 g/mol. The summed E-state index contributed by atoms with van der Waals surface area (Å²) in [5.74, 6) is 0.442. The lowest BCUT2D eigenvalue weighted by molar-refractivity contribution is 0.102. The Balaban J connectivity index is 1.51. The number of H-pyrrole nitrogens is 1. The molecule has 130 valence electrons. The van der Waals surface area contributed by atoms with E-state index in [1.54, 1.807) is 35.2 Å². The molecule has 0 radical (unpaired) electrons. The van der Waals surface area contributed by atoms with Crippen LogP contribution in [0.25, 0.3) is 10.9 Å². The number of carbonyl (C=O) groups excluding carboxylic acids is 1. The molecule has 0 aliphatic heterocycles. The van der Waals surface area contributed by atoms with Crippen LogP contribution in [0.5, 0.6) is 0 Å². The van der Waals surface area contributed by atoms with Crippen molar-refractivity contribution >= 4 is 56.4 Å². The summed E-state index contributed by atoms with van der Waals surface area (Å²) in [4.78, 5) is 28.4. The number of carbonyl (C=O) groups is 1. The summed E-state index contributed by atoms with van der Waals surface area (Å²) in [6.45, 7) is 0. The first kappa shape index (κ1) is 17.0. The molecule has 3 aromatic heterocycles. The fourth-order valence-electron chi connectivity index (χ4n) is 2.40. The Morgan fingerprint density at radius 3 is 2.92 bits per heavy atom. The second kappa shape index (κ2) is 7.40. The number of thiophene rings is 1. The minimum Gasteiger partial charge on any atom is -0.322 e. The lowest BCUT2D eigenvalue weighted by atomic mass is 10.1. The van der Waals surface area contributed by atoms with Gasteiger partial charge in [0, 0.05) is 27.6 Å². The third-order valence-corrected chi connectivity index (χ3v) is 6.62. The number of rotatable bonds is 5. The number of para-hydroxylation sites is 1. The van der Waals surface area contributed by atoms with E-state index in [1.165, 1.54) is 22.3 Å². The molecule has 0 bridgehead atoms. The van der Waals surface area contributed by atoms with Gasteiger partial charge in [0.25, 0.3) is 5.91 Å². The van der Waals surface area contributed by atoms with Crippen molar-refractivity contribution in [2.24, 2.45) is 0 Å². The summed E-state index contributed by atoms with van der Waals surface area (Å²) >= 11 is 4.58. The molecule has 1 amide bonds. The normalized spacial score (nSPS) is 10.9. The summed E-state index contributed by atoms with van der Waals surface area (Å²) in [5, 5.41) is 14.0. The van der Waals surface area contributed by atoms with E-state index in [0.717, 1.165) is 10.1 Å². The lowest BCUT2D eigenvalue weighted by Gasteiger charge is -2.05. The predicted molar refractivity (Wildman–Crippen MR) is 106 cm³/mol. The van der Waals surface area contributed by atoms with Crippen molar-refractivity contribution in [3.05, 3.63) is 68.6 Å². The maximum Gasteiger partial charge on any atom is 0.258 e. The van der Waals surface area contributed by atoms with E-state index < -0.39 is 0 Å². The highest BCUT2D eigenvalue weighted by molar-refractivity contribution is 8.00. The molecular formula is C17H12N4O2S3. The average Bonchev–Trinajstić information content (AvgIpc) is 3.31. The summed E-state index contributed by atoms with van der Waals surface area (Å²) in [6.07, 6.45) is 0. The van der Waals surface area contributed by atoms with E-state index >= 15 is 0 Å². The minimum atomic E-state index is -0.377. The van der Waals surface area contributed by atoms with Crippen LogP contribution < -0.4 is 10.9 Å². The second-order valence-electron chi connectivity index (χ2n) is 5.29. The first-order valence-corrected chi connectivity index (χ1v) is 10.3. The van der Waals surface area contributed by atoms with Gasteiger partial charge in [-0.25, -0.2) is 0 Å². The van der Waals surface area contributed by atoms with Crippen LogP contribution in [0.2, 0.25) is 0 Å². The Morgan fingerprint density at radius 1 is 1.19 bits per heavy atom. The monoisotopic (exact) mass is 400 g/mol. The van der Waals surface area contributed by atoms with Crippen LogP contribution in [0.4, 0.5) is 5.13 Å². The standard InChI is InChI=1S/C17H12N4O2S3/c22-14-8-12(11-5-1-2-6-13(11)18-14)15(23)19-16-20-21-17(26-16)25-9-10-4-3-7-24-10/h1-8H,9H2,(H,18,22)(H,19,20,23). The molecule has 3 heterocycles. The number of aromatic amines is 1. The Kier molecular flexibility index (Phi) is 4.83. The molecule has 26 heavy (non-hydrogen) atoms. The first-order chi connectivity index (χ1) is 12.7. The number of hydrogen-bond acceptors (Lipinski definition) is 7. The quantitative estimate of drug-likeness (QED) is 0.391. The van der Waals surface area contributed by atoms with E-state index in [2.05, 4.69) is 26.6 Å². The van der Waals surface area contributed by atoms with E-state index in [-0.39, 0.29) is 11.5 Å². The van der Waals surface area contributed by atoms with Crippen molar-refractivity contribution in [1.29, 1.82) is 0 Å². The first-order valence-electron chi connectivity index (χ1n) is 7.61. The molecule has 0 fully saturated rings. The van der Waals surface area contributed by atoms with Gasteiger partial charge in [-0.3, -0.25) is 14.9 Å². The number of anilines is 1. The van der Waals surface area contributed by atoms with Crippen molar-refractivity contribution in [2.75, 3.05) is 5.32 Å². The van der Waals surface area contributed by atoms with Gasteiger partial charge in [-0.2, -0.15) is 0 Å². The van der Waals surface area contributed by atoms with E-state index in [9.17, 15) is 9.59 Å². The van der Waals surface area contributed by atoms with Gasteiger partial charge in [-0.1, -0.05) is 47.4 Å². The van der Waals surface area contributed by atoms with Crippen LogP contribution in [0.15, 0.2) is 57.0 Å². The zero-order valence-corrected chi connectivity index (χ0v) is 15.7. The van der Waals surface area contributed by atoms with E-state index in [4.69, 9.17) is 0 Å². The molecule has 0 spiro atoms. The Morgan fingerprint density at radius 2 is 2.08 bits per heavy atom. The smallest absolute Gasteiger partial charge is 0.258 e. The van der Waals surface area contributed by atoms with Gasteiger partial charge < -0.3 is 4.98 Å². The Bertz CT molecular complexity index is 1120. The van der Waals surface area contributed by atoms with Gasteiger partial charge >= 0.3 is 0 Å². The second-order valence-corrected chi connectivity index (χ2v) is 8.52. The molecule has 0 atom stereocenters. The fraction of sp³-hybridized carbons (Fsp3) is 0.0588. The minimum absolute atomic E-state index is 0.312. The SMILES string of the molecule is O=C(Nc1nnc(SCc2cccs2)s1)c1cc(=O)[nH]c2ccccc12. The van der Waals surface area contributed by atoms with Crippen LogP contribution in [-0.2, 0) is 5.75 Å².